The first kappa shape index (κ1) is 26.4. The lowest BCUT2D eigenvalue weighted by atomic mass is 10.1. The molecule has 0 N–H and O–H groups in total. The normalized spacial score (nSPS) is 15.7. The van der Waals surface area contributed by atoms with Crippen LogP contribution in [-0.2, 0) is 24.2 Å². The Hall–Kier alpha value is -2.63. The van der Waals surface area contributed by atoms with Crippen molar-refractivity contribution in [1.29, 1.82) is 0 Å². The number of nitrogens with zero attached hydrogens (tertiary/aromatic N) is 4. The van der Waals surface area contributed by atoms with Crippen molar-refractivity contribution in [1.82, 2.24) is 9.47 Å². The Morgan fingerprint density at radius 1 is 1.03 bits per heavy atom. The number of alkyl halides is 3. The minimum absolute atomic E-state index is 0.0541. The summed E-state index contributed by atoms with van der Waals surface area (Å²) >= 11 is 0. The third-order valence-electron chi connectivity index (χ3n) is 6.45. The van der Waals surface area contributed by atoms with E-state index in [1.165, 1.54) is 29.0 Å². The number of aromatic nitrogens is 2. The first-order valence-electron chi connectivity index (χ1n) is 12.0. The van der Waals surface area contributed by atoms with E-state index in [4.69, 9.17) is 4.74 Å². The highest BCUT2D eigenvalue weighted by Gasteiger charge is 2.40. The summed E-state index contributed by atoms with van der Waals surface area (Å²) in [6.45, 7) is 9.82. The maximum Gasteiger partial charge on any atom is 0.420 e. The van der Waals surface area contributed by atoms with Gasteiger partial charge in [0.25, 0.3) is 5.65 Å². The van der Waals surface area contributed by atoms with Crippen molar-refractivity contribution in [2.75, 3.05) is 37.7 Å². The molecular weight excluding hydrogens is 492 g/mol. The van der Waals surface area contributed by atoms with Gasteiger partial charge in [-0.25, -0.2) is 13.7 Å². The summed E-state index contributed by atoms with van der Waals surface area (Å²) < 4.78 is 62.8. The van der Waals surface area contributed by atoms with Crippen molar-refractivity contribution < 1.29 is 27.0 Å². The summed E-state index contributed by atoms with van der Waals surface area (Å²) in [7, 11) is -1.36. The summed E-state index contributed by atoms with van der Waals surface area (Å²) in [5.41, 5.74) is 0.485. The minimum Gasteiger partial charge on any atom is -0.711 e. The van der Waals surface area contributed by atoms with Gasteiger partial charge in [0.15, 0.2) is 6.73 Å². The molecule has 0 bridgehead atoms. The lowest BCUT2D eigenvalue weighted by molar-refractivity contribution is -0.580. The Labute approximate surface area is 209 Å². The zero-order chi connectivity index (χ0) is 26.1. The maximum absolute atomic E-state index is 14.1. The van der Waals surface area contributed by atoms with Gasteiger partial charge in [0.05, 0.1) is 11.9 Å². The summed E-state index contributed by atoms with van der Waals surface area (Å²) in [6, 6.07) is 8.66. The average Bonchev–Trinajstić information content (AvgIpc) is 3.20. The fourth-order valence-corrected chi connectivity index (χ4v) is 5.20. The minimum atomic E-state index is -4.62. The van der Waals surface area contributed by atoms with E-state index in [1.54, 1.807) is 12.1 Å². The molecule has 0 aliphatic carbocycles. The van der Waals surface area contributed by atoms with Gasteiger partial charge < -0.3 is 14.8 Å². The molecule has 11 heteroatoms. The van der Waals surface area contributed by atoms with E-state index in [1.807, 2.05) is 4.90 Å². The maximum atomic E-state index is 14.1. The molecule has 1 saturated heterocycles. The Balaban J connectivity index is 1.56. The second kappa shape index (κ2) is 10.4. The molecule has 3 aromatic rings. The zero-order valence-corrected chi connectivity index (χ0v) is 21.8. The van der Waals surface area contributed by atoms with Crippen molar-refractivity contribution in [3.05, 3.63) is 64.9 Å². The molecule has 2 aromatic heterocycles. The van der Waals surface area contributed by atoms with Crippen LogP contribution >= 0.6 is 0 Å². The predicted molar refractivity (Wildman–Crippen MR) is 134 cm³/mol. The second-order valence-corrected chi connectivity index (χ2v) is 16.1. The van der Waals surface area contributed by atoms with Crippen molar-refractivity contribution in [2.45, 2.75) is 45.1 Å². The van der Waals surface area contributed by atoms with E-state index < -0.39 is 19.8 Å². The monoisotopic (exact) mass is 524 g/mol. The summed E-state index contributed by atoms with van der Waals surface area (Å²) in [5, 5.41) is 12.6. The zero-order valence-electron chi connectivity index (χ0n) is 20.8. The van der Waals surface area contributed by atoms with E-state index in [0.29, 0.717) is 49.7 Å². The number of anilines is 1. The molecule has 1 aliphatic rings. The number of ether oxygens (including phenoxy) is 1. The highest BCUT2D eigenvalue weighted by molar-refractivity contribution is 6.76. The van der Waals surface area contributed by atoms with E-state index in [2.05, 4.69) is 24.5 Å². The van der Waals surface area contributed by atoms with E-state index in [-0.39, 0.29) is 23.6 Å². The van der Waals surface area contributed by atoms with Crippen LogP contribution in [0.5, 0.6) is 0 Å². The van der Waals surface area contributed by atoms with Gasteiger partial charge in [0.1, 0.15) is 23.0 Å². The highest BCUT2D eigenvalue weighted by Crippen LogP contribution is 2.40. The average molecular weight is 525 g/mol. The Kier molecular flexibility index (Phi) is 7.63. The Bertz CT molecular complexity index is 1180. The van der Waals surface area contributed by atoms with Crippen LogP contribution < -0.4 is 9.63 Å². The van der Waals surface area contributed by atoms with Crippen LogP contribution in [0.2, 0.25) is 25.7 Å². The molecule has 0 atom stereocenters. The first-order chi connectivity index (χ1) is 16.9. The van der Waals surface area contributed by atoms with Crippen molar-refractivity contribution in [3.8, 4) is 0 Å². The molecule has 0 unspecified atom stereocenters. The number of hydrogen-bond acceptors (Lipinski definition) is 4. The SMILES string of the molecule is C[Si](C)(C)CCOCn1cc(C(F)(F)F)c2c(N3CCN(Cc4ccc(F)cc4)CC3)cc[n+]([O-])c21. The molecule has 0 radical (unpaired) electrons. The van der Waals surface area contributed by atoms with Crippen LogP contribution in [-0.4, -0.2) is 50.3 Å². The molecule has 4 rings (SSSR count). The standard InChI is InChI=1S/C25H32F4N4O2Si/c1-36(2,3)15-14-35-18-32-17-21(25(27,28)29)23-22(8-9-33(34)24(23)32)31-12-10-30(11-13-31)16-19-4-6-20(26)7-5-19/h4-9,17H,10-16,18H2,1-3H3. The van der Waals surface area contributed by atoms with Gasteiger partial charge in [-0.15, -0.1) is 0 Å². The van der Waals surface area contributed by atoms with Crippen LogP contribution in [0.4, 0.5) is 23.2 Å². The van der Waals surface area contributed by atoms with Crippen molar-refractivity contribution in [3.63, 3.8) is 0 Å². The fourth-order valence-electron chi connectivity index (χ4n) is 4.44. The molecule has 6 nitrogen and oxygen atoms in total. The largest absolute Gasteiger partial charge is 0.711 e. The smallest absolute Gasteiger partial charge is 0.420 e. The number of fused-ring (bicyclic) bond motifs is 1. The van der Waals surface area contributed by atoms with E-state index >= 15 is 0 Å². The molecule has 0 amide bonds. The van der Waals surface area contributed by atoms with Crippen LogP contribution in [0.3, 0.4) is 0 Å². The fraction of sp³-hybridized carbons (Fsp3) is 0.480. The molecular formula is C25H32F4N4O2Si. The van der Waals surface area contributed by atoms with Gasteiger partial charge in [-0.05, 0) is 23.7 Å². The number of piperazine rings is 1. The highest BCUT2D eigenvalue weighted by atomic mass is 28.3. The quantitative estimate of drug-likeness (QED) is 0.136. The number of halogens is 4. The second-order valence-electron chi connectivity index (χ2n) is 10.5. The van der Waals surface area contributed by atoms with Crippen molar-refractivity contribution >= 4 is 24.8 Å². The third-order valence-corrected chi connectivity index (χ3v) is 8.15. The third kappa shape index (κ3) is 6.19. The topological polar surface area (TPSA) is 47.6 Å². The number of pyridine rings is 1. The predicted octanol–water partition coefficient (Wildman–Crippen LogP) is 5.07. The van der Waals surface area contributed by atoms with Crippen molar-refractivity contribution in [2.24, 2.45) is 0 Å². The molecule has 36 heavy (non-hydrogen) atoms. The summed E-state index contributed by atoms with van der Waals surface area (Å²) in [6.07, 6.45) is -2.36. The van der Waals surface area contributed by atoms with Crippen LogP contribution in [0, 0.1) is 11.0 Å². The van der Waals surface area contributed by atoms with Crippen LogP contribution in [0.25, 0.3) is 11.0 Å². The van der Waals surface area contributed by atoms with E-state index in [0.717, 1.165) is 17.8 Å². The van der Waals surface area contributed by atoms with Gasteiger partial charge >= 0.3 is 6.18 Å². The van der Waals surface area contributed by atoms with Crippen LogP contribution in [0.15, 0.2) is 42.7 Å². The number of hydrogen-bond donors (Lipinski definition) is 0. The Morgan fingerprint density at radius 3 is 2.31 bits per heavy atom. The molecule has 1 aromatic carbocycles. The van der Waals surface area contributed by atoms with Gasteiger partial charge in [-0.3, -0.25) is 4.90 Å². The molecule has 196 valence electrons. The van der Waals surface area contributed by atoms with E-state index in [9.17, 15) is 22.8 Å². The van der Waals surface area contributed by atoms with Gasteiger partial charge in [0, 0.05) is 53.5 Å². The lowest BCUT2D eigenvalue weighted by Crippen LogP contribution is -2.46. The molecule has 1 fully saturated rings. The number of rotatable bonds is 8. The van der Waals surface area contributed by atoms with Gasteiger partial charge in [-0.2, -0.15) is 13.2 Å². The molecule has 1 aliphatic heterocycles. The number of benzene rings is 1. The van der Waals surface area contributed by atoms with Crippen LogP contribution in [0.1, 0.15) is 11.1 Å². The summed E-state index contributed by atoms with van der Waals surface area (Å²) in [4.78, 5) is 4.08. The van der Waals surface area contributed by atoms with Gasteiger partial charge in [0.2, 0.25) is 0 Å². The van der Waals surface area contributed by atoms with Gasteiger partial charge in [-0.1, -0.05) is 31.8 Å². The molecule has 3 heterocycles. The molecule has 0 spiro atoms. The Morgan fingerprint density at radius 2 is 1.69 bits per heavy atom. The molecule has 0 saturated carbocycles. The lowest BCUT2D eigenvalue weighted by Gasteiger charge is -2.36. The summed E-state index contributed by atoms with van der Waals surface area (Å²) in [5.74, 6) is -0.291. The first-order valence-corrected chi connectivity index (χ1v) is 15.7.